The molecule has 1 aromatic carbocycles. The number of benzene rings is 1. The molecule has 0 spiro atoms. The monoisotopic (exact) mass is 536 g/mol. The smallest absolute Gasteiger partial charge is 0.258 e. The fourth-order valence-corrected chi connectivity index (χ4v) is 4.07. The number of anilines is 1. The number of hydrazone groups is 1. The van der Waals surface area contributed by atoms with Crippen molar-refractivity contribution in [2.45, 2.75) is 85.0 Å². The van der Waals surface area contributed by atoms with E-state index in [1.165, 1.54) is 31.8 Å². The molecular weight excluding hydrogens is 488 g/mol. The van der Waals surface area contributed by atoms with Gasteiger partial charge in [-0.3, -0.25) is 5.01 Å². The average molecular weight is 537 g/mol. The quantitative estimate of drug-likeness (QED) is 0.148. The highest BCUT2D eigenvalue weighted by atomic mass is 32.2. The molecule has 0 aromatic heterocycles. The van der Waals surface area contributed by atoms with Crippen molar-refractivity contribution in [1.82, 2.24) is 5.01 Å². The number of hydrogen-bond acceptors (Lipinski definition) is 7. The number of carbonyl (C=O) groups excluding carboxylic acids is 2. The van der Waals surface area contributed by atoms with Crippen molar-refractivity contribution >= 4 is 34.9 Å². The lowest BCUT2D eigenvalue weighted by atomic mass is 10.1. The number of allylic oxidation sites excluding steroid dienone is 2. The Morgan fingerprint density at radius 2 is 1.84 bits per heavy atom. The summed E-state index contributed by atoms with van der Waals surface area (Å²) in [5, 5.41) is 8.01. The molecule has 0 radical (unpaired) electrons. The van der Waals surface area contributed by atoms with E-state index >= 15 is 0 Å². The molecule has 2 aliphatic rings. The van der Waals surface area contributed by atoms with Crippen LogP contribution in [0.5, 0.6) is 0 Å². The van der Waals surface area contributed by atoms with Gasteiger partial charge in [0, 0.05) is 27.8 Å². The summed E-state index contributed by atoms with van der Waals surface area (Å²) in [6.07, 6.45) is 11.3. The van der Waals surface area contributed by atoms with Crippen molar-refractivity contribution in [2.24, 2.45) is 15.4 Å². The molecule has 210 valence electrons. The molecule has 9 heteroatoms. The number of nitrogens with one attached hydrogen (secondary N) is 1. The summed E-state index contributed by atoms with van der Waals surface area (Å²) in [5.41, 5.74) is 3.48. The van der Waals surface area contributed by atoms with Crippen LogP contribution < -0.4 is 5.32 Å². The van der Waals surface area contributed by atoms with Crippen LogP contribution in [0.4, 0.5) is 5.69 Å². The number of aldehydes is 1. The van der Waals surface area contributed by atoms with E-state index in [-0.39, 0.29) is 6.42 Å². The minimum absolute atomic E-state index is 0.166. The van der Waals surface area contributed by atoms with Crippen LogP contribution in [0, 0.1) is 12.8 Å². The second-order valence-electron chi connectivity index (χ2n) is 8.60. The maximum absolute atomic E-state index is 11.7. The third-order valence-electron chi connectivity index (χ3n) is 4.97. The number of aryl methyl sites for hydroxylation is 1. The van der Waals surface area contributed by atoms with E-state index in [4.69, 9.17) is 0 Å². The van der Waals surface area contributed by atoms with Gasteiger partial charge in [-0.1, -0.05) is 50.5 Å². The molecule has 1 aliphatic heterocycles. The number of isocyanates is 1. The van der Waals surface area contributed by atoms with Gasteiger partial charge < -0.3 is 14.8 Å². The second-order valence-corrected chi connectivity index (χ2v) is 9.72. The van der Waals surface area contributed by atoms with Crippen LogP contribution >= 0.6 is 0 Å². The van der Waals surface area contributed by atoms with Gasteiger partial charge in [0.1, 0.15) is 12.1 Å². The van der Waals surface area contributed by atoms with Crippen molar-refractivity contribution in [3.05, 3.63) is 35.4 Å². The fourth-order valence-electron chi connectivity index (χ4n) is 3.05. The lowest BCUT2D eigenvalue weighted by Gasteiger charge is -2.16. The summed E-state index contributed by atoms with van der Waals surface area (Å²) in [5.74, 6) is 1.11. The normalized spacial score (nSPS) is 14.6. The molecule has 1 aromatic rings. The largest absolute Gasteiger partial charge is 0.388 e. The van der Waals surface area contributed by atoms with Crippen LogP contribution in [-0.4, -0.2) is 55.2 Å². The van der Waals surface area contributed by atoms with Crippen molar-refractivity contribution in [3.8, 4) is 0 Å². The number of fused-ring (bicyclic) bond motifs is 1. The Morgan fingerprint density at radius 3 is 2.30 bits per heavy atom. The number of ether oxygens (including phenoxy) is 1. The van der Waals surface area contributed by atoms with Crippen molar-refractivity contribution in [3.63, 3.8) is 0 Å². The first-order valence-corrected chi connectivity index (χ1v) is 14.0. The van der Waals surface area contributed by atoms with Gasteiger partial charge >= 0.3 is 0 Å². The fraction of sp³-hybridized carbons (Fsp3) is 0.607. The van der Waals surface area contributed by atoms with Crippen molar-refractivity contribution < 1.29 is 18.5 Å². The number of nitrogens with zero attached hydrogens (tertiary/aromatic N) is 3. The molecule has 3 rings (SSSR count). The Hall–Kier alpha value is -2.61. The second kappa shape index (κ2) is 23.8. The molecule has 1 heterocycles. The van der Waals surface area contributed by atoms with Gasteiger partial charge in [-0.2, -0.15) is 4.40 Å². The first-order valence-electron chi connectivity index (χ1n) is 12.9. The molecule has 8 nitrogen and oxygen atoms in total. The maximum Gasteiger partial charge on any atom is 0.258 e. The third kappa shape index (κ3) is 18.3. The van der Waals surface area contributed by atoms with E-state index in [0.717, 1.165) is 30.5 Å². The zero-order valence-corrected chi connectivity index (χ0v) is 25.1. The van der Waals surface area contributed by atoms with Gasteiger partial charge in [0.2, 0.25) is 0 Å². The van der Waals surface area contributed by atoms with Crippen LogP contribution in [0.15, 0.2) is 44.2 Å². The SMILES string of the molecule is CC.CC(C)CCN(C)N=C=O.CC=C1CCCC1.COC.Cc1ccc2c(c1)S(=O)N=C(CC=O)N2. The molecule has 0 amide bonds. The molecule has 1 N–H and O–H groups in total. The number of rotatable bonds is 6. The highest BCUT2D eigenvalue weighted by Crippen LogP contribution is 2.25. The molecular formula is C28H48N4O4S. The van der Waals surface area contributed by atoms with Crippen LogP contribution in [-0.2, 0) is 25.3 Å². The summed E-state index contributed by atoms with van der Waals surface area (Å²) in [6.45, 7) is 13.2. The standard InChI is InChI=1S/C10H10N2O2S.C7H14N2O.C7H12.C2H6O.C2H6/c1-7-2-3-8-9(6-7)15(14)12-10(11-8)4-5-13;1-7(2)4-5-9(3)8-6-10;1-2-7-5-3-4-6-7;1-3-2;1-2/h2-3,5-6H,4H2,1H3,(H,11,12);7H,4-5H2,1-3H3;2H,3-6H2,1H3;1-2H3;1-2H3. The number of amidine groups is 1. The molecule has 1 atom stereocenters. The Labute approximate surface area is 227 Å². The van der Waals surface area contributed by atoms with Crippen LogP contribution in [0.3, 0.4) is 0 Å². The van der Waals surface area contributed by atoms with Crippen LogP contribution in [0.2, 0.25) is 0 Å². The minimum atomic E-state index is -1.39. The van der Waals surface area contributed by atoms with E-state index in [1.54, 1.807) is 31.8 Å². The Kier molecular flexibility index (Phi) is 23.5. The molecule has 37 heavy (non-hydrogen) atoms. The molecule has 1 fully saturated rings. The van der Waals surface area contributed by atoms with E-state index in [9.17, 15) is 13.8 Å². The highest BCUT2D eigenvalue weighted by molar-refractivity contribution is 7.84. The zero-order valence-electron chi connectivity index (χ0n) is 24.3. The van der Waals surface area contributed by atoms with Crippen molar-refractivity contribution in [1.29, 1.82) is 0 Å². The number of methoxy groups -OCH3 is 1. The van der Waals surface area contributed by atoms with Gasteiger partial charge in [-0.15, -0.1) is 0 Å². The third-order valence-corrected chi connectivity index (χ3v) is 6.07. The molecule has 0 bridgehead atoms. The minimum Gasteiger partial charge on any atom is -0.388 e. The van der Waals surface area contributed by atoms with Gasteiger partial charge in [0.25, 0.3) is 6.08 Å². The molecule has 1 aliphatic carbocycles. The number of hydrogen-bond donors (Lipinski definition) is 1. The summed E-state index contributed by atoms with van der Waals surface area (Å²) in [4.78, 5) is 20.7. The Balaban J connectivity index is 0. The zero-order chi connectivity index (χ0) is 28.6. The first-order chi connectivity index (χ1) is 17.7. The maximum atomic E-state index is 11.7. The van der Waals surface area contributed by atoms with Crippen molar-refractivity contribution in [2.75, 3.05) is 33.1 Å². The molecule has 1 unspecified atom stereocenters. The highest BCUT2D eigenvalue weighted by Gasteiger charge is 2.17. The summed E-state index contributed by atoms with van der Waals surface area (Å²) < 4.78 is 19.8. The van der Waals surface area contributed by atoms with E-state index < -0.39 is 11.0 Å². The van der Waals surface area contributed by atoms with Crippen LogP contribution in [0.1, 0.15) is 78.7 Å². The Bertz CT molecular complexity index is 886. The predicted molar refractivity (Wildman–Crippen MR) is 156 cm³/mol. The van der Waals surface area contributed by atoms with E-state index in [1.807, 2.05) is 39.0 Å². The van der Waals surface area contributed by atoms with Gasteiger partial charge in [0.15, 0.2) is 11.0 Å². The van der Waals surface area contributed by atoms with Gasteiger partial charge in [-0.25, -0.2) is 9.00 Å². The predicted octanol–water partition coefficient (Wildman–Crippen LogP) is 6.44. The first kappa shape index (κ1) is 36.5. The average Bonchev–Trinajstić information content (AvgIpc) is 3.41. The lowest BCUT2D eigenvalue weighted by Crippen LogP contribution is -2.19. The lowest BCUT2D eigenvalue weighted by molar-refractivity contribution is -0.106. The topological polar surface area (TPSA) is 100 Å². The summed E-state index contributed by atoms with van der Waals surface area (Å²) in [6, 6.07) is 5.61. The van der Waals surface area contributed by atoms with Crippen LogP contribution in [0.25, 0.3) is 0 Å². The van der Waals surface area contributed by atoms with Gasteiger partial charge in [0.05, 0.1) is 17.0 Å². The summed E-state index contributed by atoms with van der Waals surface area (Å²) >= 11 is 0. The summed E-state index contributed by atoms with van der Waals surface area (Å²) in [7, 11) is 3.63. The molecule has 0 saturated heterocycles. The number of carbonyl (C=O) groups is 1. The molecule has 1 saturated carbocycles. The van der Waals surface area contributed by atoms with E-state index in [0.29, 0.717) is 16.6 Å². The Morgan fingerprint density at radius 1 is 1.24 bits per heavy atom. The van der Waals surface area contributed by atoms with E-state index in [2.05, 4.69) is 46.4 Å². The van der Waals surface area contributed by atoms with Gasteiger partial charge in [-0.05, 0) is 69.6 Å².